The predicted octanol–water partition coefficient (Wildman–Crippen LogP) is 3.61. The van der Waals surface area contributed by atoms with Crippen molar-refractivity contribution < 1.29 is 12.8 Å². The molecule has 0 saturated heterocycles. The number of nitrogens with one attached hydrogen (secondary N) is 1. The molecule has 0 aliphatic heterocycles. The van der Waals surface area contributed by atoms with Gasteiger partial charge in [-0.2, -0.15) is 0 Å². The second-order valence-electron chi connectivity index (χ2n) is 3.98. The average molecular weight is 334 g/mol. The van der Waals surface area contributed by atoms with Crippen molar-refractivity contribution in [2.75, 3.05) is 0 Å². The number of hydrogen-bond donors (Lipinski definition) is 1. The highest BCUT2D eigenvalue weighted by Crippen LogP contribution is 2.20. The van der Waals surface area contributed by atoms with Gasteiger partial charge in [-0.1, -0.05) is 29.3 Å². The Morgan fingerprint density at radius 3 is 2.30 bits per heavy atom. The molecular weight excluding hydrogens is 324 g/mol. The summed E-state index contributed by atoms with van der Waals surface area (Å²) in [5.74, 6) is -0.559. The number of benzene rings is 2. The molecule has 0 saturated carbocycles. The van der Waals surface area contributed by atoms with Crippen LogP contribution in [-0.2, 0) is 16.6 Å². The van der Waals surface area contributed by atoms with E-state index in [1.165, 1.54) is 42.5 Å². The van der Waals surface area contributed by atoms with Crippen LogP contribution < -0.4 is 4.72 Å². The standard InChI is InChI=1S/C13H10Cl2FNO2S/c14-9-4-6-10(7-5-9)20(18,19)17-8-11-12(15)2-1-3-13(11)16/h1-7,17H,8H2. The summed E-state index contributed by atoms with van der Waals surface area (Å²) in [4.78, 5) is 0.0503. The zero-order chi connectivity index (χ0) is 14.8. The van der Waals surface area contributed by atoms with Crippen LogP contribution >= 0.6 is 23.2 Å². The molecule has 106 valence electrons. The van der Waals surface area contributed by atoms with Crippen LogP contribution in [-0.4, -0.2) is 8.42 Å². The first-order valence-electron chi connectivity index (χ1n) is 5.58. The topological polar surface area (TPSA) is 46.2 Å². The highest BCUT2D eigenvalue weighted by atomic mass is 35.5. The summed E-state index contributed by atoms with van der Waals surface area (Å²) in [6.45, 7) is -0.226. The number of halogens is 3. The quantitative estimate of drug-likeness (QED) is 0.928. The van der Waals surface area contributed by atoms with Crippen LogP contribution in [0.2, 0.25) is 10.0 Å². The van der Waals surface area contributed by atoms with Gasteiger partial charge in [-0.15, -0.1) is 0 Å². The Morgan fingerprint density at radius 1 is 1.05 bits per heavy atom. The van der Waals surface area contributed by atoms with Crippen LogP contribution in [0, 0.1) is 5.82 Å². The molecule has 0 unspecified atom stereocenters. The molecule has 0 heterocycles. The molecule has 0 aromatic heterocycles. The maximum absolute atomic E-state index is 13.5. The third kappa shape index (κ3) is 3.49. The fourth-order valence-electron chi connectivity index (χ4n) is 1.57. The van der Waals surface area contributed by atoms with E-state index in [-0.39, 0.29) is 22.0 Å². The summed E-state index contributed by atoms with van der Waals surface area (Å²) in [6, 6.07) is 9.84. The molecule has 0 fully saturated rings. The van der Waals surface area contributed by atoms with Gasteiger partial charge in [-0.3, -0.25) is 0 Å². The molecule has 2 aromatic carbocycles. The zero-order valence-electron chi connectivity index (χ0n) is 10.1. The monoisotopic (exact) mass is 333 g/mol. The van der Waals surface area contributed by atoms with Gasteiger partial charge in [0.05, 0.1) is 4.90 Å². The highest BCUT2D eigenvalue weighted by Gasteiger charge is 2.15. The van der Waals surface area contributed by atoms with Crippen LogP contribution in [0.3, 0.4) is 0 Å². The molecule has 0 atom stereocenters. The maximum atomic E-state index is 13.5. The van der Waals surface area contributed by atoms with E-state index in [0.29, 0.717) is 5.02 Å². The maximum Gasteiger partial charge on any atom is 0.240 e. The van der Waals surface area contributed by atoms with Crippen molar-refractivity contribution in [3.05, 3.63) is 63.9 Å². The van der Waals surface area contributed by atoms with Gasteiger partial charge in [0.25, 0.3) is 0 Å². The van der Waals surface area contributed by atoms with E-state index >= 15 is 0 Å². The summed E-state index contributed by atoms with van der Waals surface area (Å²) in [5.41, 5.74) is 0.103. The van der Waals surface area contributed by atoms with Gasteiger partial charge in [0, 0.05) is 22.2 Å². The Kier molecular flexibility index (Phi) is 4.65. The van der Waals surface area contributed by atoms with Crippen LogP contribution in [0.4, 0.5) is 4.39 Å². The molecule has 0 aliphatic carbocycles. The van der Waals surface area contributed by atoms with Crippen LogP contribution in [0.25, 0.3) is 0 Å². The smallest absolute Gasteiger partial charge is 0.207 e. The fourth-order valence-corrected chi connectivity index (χ4v) is 2.92. The summed E-state index contributed by atoms with van der Waals surface area (Å²) in [6.07, 6.45) is 0. The summed E-state index contributed by atoms with van der Waals surface area (Å²) in [5, 5.41) is 0.602. The molecular formula is C13H10Cl2FNO2S. The second-order valence-corrected chi connectivity index (χ2v) is 6.59. The molecule has 0 aliphatic rings. The summed E-state index contributed by atoms with van der Waals surface area (Å²) < 4.78 is 39.9. The van der Waals surface area contributed by atoms with E-state index in [9.17, 15) is 12.8 Å². The lowest BCUT2D eigenvalue weighted by Gasteiger charge is -2.09. The third-order valence-electron chi connectivity index (χ3n) is 2.62. The molecule has 20 heavy (non-hydrogen) atoms. The Labute approximate surface area is 126 Å². The van der Waals surface area contributed by atoms with Gasteiger partial charge >= 0.3 is 0 Å². The van der Waals surface area contributed by atoms with Gasteiger partial charge in [-0.05, 0) is 36.4 Å². The SMILES string of the molecule is O=S(=O)(NCc1c(F)cccc1Cl)c1ccc(Cl)cc1. The van der Waals surface area contributed by atoms with Gasteiger partial charge in [0.2, 0.25) is 10.0 Å². The van der Waals surface area contributed by atoms with Gasteiger partial charge in [-0.25, -0.2) is 17.5 Å². The predicted molar refractivity (Wildman–Crippen MR) is 76.9 cm³/mol. The van der Waals surface area contributed by atoms with Crippen molar-refractivity contribution in [1.82, 2.24) is 4.72 Å². The Morgan fingerprint density at radius 2 is 1.70 bits per heavy atom. The van der Waals surface area contributed by atoms with Crippen molar-refractivity contribution in [1.29, 1.82) is 0 Å². The van der Waals surface area contributed by atoms with E-state index in [1.807, 2.05) is 0 Å². The van der Waals surface area contributed by atoms with E-state index in [1.54, 1.807) is 0 Å². The van der Waals surface area contributed by atoms with Crippen molar-refractivity contribution >= 4 is 33.2 Å². The van der Waals surface area contributed by atoms with E-state index < -0.39 is 15.8 Å². The minimum atomic E-state index is -3.74. The molecule has 2 rings (SSSR count). The molecule has 0 spiro atoms. The molecule has 0 amide bonds. The highest BCUT2D eigenvalue weighted by molar-refractivity contribution is 7.89. The molecule has 1 N–H and O–H groups in total. The van der Waals surface area contributed by atoms with E-state index in [4.69, 9.17) is 23.2 Å². The normalized spacial score (nSPS) is 11.6. The van der Waals surface area contributed by atoms with Gasteiger partial charge < -0.3 is 0 Å². The first-order chi connectivity index (χ1) is 9.40. The summed E-state index contributed by atoms with van der Waals surface area (Å²) in [7, 11) is -3.74. The van der Waals surface area contributed by atoms with Crippen molar-refractivity contribution in [2.24, 2.45) is 0 Å². The largest absolute Gasteiger partial charge is 0.240 e. The van der Waals surface area contributed by atoms with Crippen molar-refractivity contribution in [3.63, 3.8) is 0 Å². The number of hydrogen-bond acceptors (Lipinski definition) is 2. The molecule has 0 radical (unpaired) electrons. The minimum absolute atomic E-state index is 0.0503. The van der Waals surface area contributed by atoms with Gasteiger partial charge in [0.15, 0.2) is 0 Å². The molecule has 2 aromatic rings. The minimum Gasteiger partial charge on any atom is -0.207 e. The summed E-state index contributed by atoms with van der Waals surface area (Å²) >= 11 is 11.5. The molecule has 3 nitrogen and oxygen atoms in total. The van der Waals surface area contributed by atoms with Crippen LogP contribution in [0.15, 0.2) is 47.4 Å². The third-order valence-corrected chi connectivity index (χ3v) is 4.65. The van der Waals surface area contributed by atoms with E-state index in [0.717, 1.165) is 0 Å². The number of sulfonamides is 1. The van der Waals surface area contributed by atoms with Gasteiger partial charge in [0.1, 0.15) is 5.82 Å². The van der Waals surface area contributed by atoms with Crippen LogP contribution in [0.1, 0.15) is 5.56 Å². The fraction of sp³-hybridized carbons (Fsp3) is 0.0769. The number of rotatable bonds is 4. The lowest BCUT2D eigenvalue weighted by molar-refractivity contribution is 0.574. The van der Waals surface area contributed by atoms with Crippen LogP contribution in [0.5, 0.6) is 0 Å². The lowest BCUT2D eigenvalue weighted by atomic mass is 10.2. The van der Waals surface area contributed by atoms with Crippen molar-refractivity contribution in [3.8, 4) is 0 Å². The Bertz CT molecular complexity index is 697. The Hall–Kier alpha value is -1.14. The molecule has 7 heteroatoms. The average Bonchev–Trinajstić information content (AvgIpc) is 2.38. The first-order valence-corrected chi connectivity index (χ1v) is 7.82. The zero-order valence-corrected chi connectivity index (χ0v) is 12.4. The molecule has 0 bridgehead atoms. The first kappa shape index (κ1) is 15.3. The van der Waals surface area contributed by atoms with E-state index in [2.05, 4.69) is 4.72 Å². The van der Waals surface area contributed by atoms with Crippen molar-refractivity contribution in [2.45, 2.75) is 11.4 Å². The lowest BCUT2D eigenvalue weighted by Crippen LogP contribution is -2.23. The second kappa shape index (κ2) is 6.10. The Balaban J connectivity index is 2.20.